The van der Waals surface area contributed by atoms with E-state index in [-0.39, 0.29) is 0 Å². The average Bonchev–Trinajstić information content (AvgIpc) is 2.17. The van der Waals surface area contributed by atoms with Crippen LogP contribution in [0.5, 0.6) is 5.75 Å². The Bertz CT molecular complexity index is 302. The lowest BCUT2D eigenvalue weighted by molar-refractivity contribution is 0.309. The molecule has 0 N–H and O–H groups in total. The summed E-state index contributed by atoms with van der Waals surface area (Å²) in [4.78, 5) is 0. The fourth-order valence-electron chi connectivity index (χ4n) is 1.45. The molecule has 0 aliphatic rings. The molecule has 0 spiro atoms. The SMILES string of the molecule is CCCCOc1cc(C)cc([C](C)C)c1. The predicted molar refractivity (Wildman–Crippen MR) is 65.3 cm³/mol. The summed E-state index contributed by atoms with van der Waals surface area (Å²) >= 11 is 0. The highest BCUT2D eigenvalue weighted by Gasteiger charge is 2.03. The van der Waals surface area contributed by atoms with Crippen LogP contribution >= 0.6 is 0 Å². The summed E-state index contributed by atoms with van der Waals surface area (Å²) in [7, 11) is 0. The normalized spacial score (nSPS) is 10.7. The fraction of sp³-hybridized carbons (Fsp3) is 0.500. The molecule has 0 saturated heterocycles. The van der Waals surface area contributed by atoms with Crippen LogP contribution < -0.4 is 4.74 Å². The van der Waals surface area contributed by atoms with E-state index in [1.165, 1.54) is 23.5 Å². The standard InChI is InChI=1S/C14H21O/c1-5-6-7-15-14-9-12(4)8-13(10-14)11(2)3/h8-10H,5-7H2,1-4H3. The Morgan fingerprint density at radius 3 is 2.53 bits per heavy atom. The van der Waals surface area contributed by atoms with E-state index in [2.05, 4.69) is 45.9 Å². The summed E-state index contributed by atoms with van der Waals surface area (Å²) in [5.74, 6) is 2.33. The number of hydrogen-bond donors (Lipinski definition) is 0. The van der Waals surface area contributed by atoms with Crippen molar-refractivity contribution in [1.82, 2.24) is 0 Å². The molecule has 0 aromatic heterocycles. The predicted octanol–water partition coefficient (Wildman–Crippen LogP) is 4.14. The smallest absolute Gasteiger partial charge is 0.119 e. The maximum atomic E-state index is 5.70. The minimum absolute atomic E-state index is 0.822. The molecule has 0 saturated carbocycles. The third-order valence-electron chi connectivity index (χ3n) is 2.39. The van der Waals surface area contributed by atoms with Gasteiger partial charge >= 0.3 is 0 Å². The molecule has 83 valence electrons. The summed E-state index contributed by atoms with van der Waals surface area (Å²) in [6.45, 7) is 9.37. The number of ether oxygens (including phenoxy) is 1. The molecule has 0 heterocycles. The molecule has 1 rings (SSSR count). The quantitative estimate of drug-likeness (QED) is 0.656. The molecule has 1 radical (unpaired) electrons. The topological polar surface area (TPSA) is 9.23 Å². The summed E-state index contributed by atoms with van der Waals surface area (Å²) in [5.41, 5.74) is 2.54. The lowest BCUT2D eigenvalue weighted by atomic mass is 10.0. The first kappa shape index (κ1) is 12.1. The fourth-order valence-corrected chi connectivity index (χ4v) is 1.45. The second-order valence-electron chi connectivity index (χ2n) is 4.24. The number of hydrogen-bond acceptors (Lipinski definition) is 1. The zero-order valence-corrected chi connectivity index (χ0v) is 10.3. The van der Waals surface area contributed by atoms with Crippen molar-refractivity contribution in [2.45, 2.75) is 40.5 Å². The minimum Gasteiger partial charge on any atom is -0.494 e. The third-order valence-corrected chi connectivity index (χ3v) is 2.39. The van der Waals surface area contributed by atoms with Crippen molar-refractivity contribution in [2.75, 3.05) is 6.61 Å². The molecule has 1 aromatic rings. The van der Waals surface area contributed by atoms with Gasteiger partial charge in [0.15, 0.2) is 0 Å². The molecule has 1 nitrogen and oxygen atoms in total. The summed E-state index contributed by atoms with van der Waals surface area (Å²) < 4.78 is 5.70. The Hall–Kier alpha value is -0.980. The van der Waals surface area contributed by atoms with E-state index < -0.39 is 0 Å². The first-order chi connectivity index (χ1) is 7.13. The lowest BCUT2D eigenvalue weighted by Crippen LogP contribution is -1.98. The average molecular weight is 205 g/mol. The van der Waals surface area contributed by atoms with Gasteiger partial charge in [0, 0.05) is 0 Å². The van der Waals surface area contributed by atoms with Gasteiger partial charge < -0.3 is 4.74 Å². The number of unbranched alkanes of at least 4 members (excludes halogenated alkanes) is 1. The first-order valence-corrected chi connectivity index (χ1v) is 5.68. The van der Waals surface area contributed by atoms with E-state index >= 15 is 0 Å². The maximum Gasteiger partial charge on any atom is 0.119 e. The molecule has 0 fully saturated rings. The molecule has 0 aliphatic heterocycles. The van der Waals surface area contributed by atoms with Crippen LogP contribution in [-0.4, -0.2) is 6.61 Å². The molecular formula is C14H21O. The van der Waals surface area contributed by atoms with Gasteiger partial charge in [-0.25, -0.2) is 0 Å². The van der Waals surface area contributed by atoms with Gasteiger partial charge in [0.05, 0.1) is 6.61 Å². The van der Waals surface area contributed by atoms with Crippen molar-refractivity contribution in [3.63, 3.8) is 0 Å². The summed E-state index contributed by atoms with van der Waals surface area (Å²) in [5, 5.41) is 0. The molecule has 0 bridgehead atoms. The molecule has 0 atom stereocenters. The van der Waals surface area contributed by atoms with E-state index in [1.54, 1.807) is 0 Å². The monoisotopic (exact) mass is 205 g/mol. The van der Waals surface area contributed by atoms with Crippen LogP contribution in [0.2, 0.25) is 0 Å². The zero-order chi connectivity index (χ0) is 11.3. The van der Waals surface area contributed by atoms with Gasteiger partial charge in [-0.3, -0.25) is 0 Å². The maximum absolute atomic E-state index is 5.70. The molecule has 0 aliphatic carbocycles. The van der Waals surface area contributed by atoms with Crippen molar-refractivity contribution in [1.29, 1.82) is 0 Å². The van der Waals surface area contributed by atoms with Crippen LogP contribution in [0.25, 0.3) is 0 Å². The van der Waals surface area contributed by atoms with Crippen LogP contribution in [-0.2, 0) is 0 Å². The van der Waals surface area contributed by atoms with Gasteiger partial charge in [-0.2, -0.15) is 0 Å². The molecule has 0 unspecified atom stereocenters. The highest BCUT2D eigenvalue weighted by Crippen LogP contribution is 2.22. The van der Waals surface area contributed by atoms with Crippen LogP contribution in [0.15, 0.2) is 18.2 Å². The highest BCUT2D eigenvalue weighted by molar-refractivity contribution is 5.39. The van der Waals surface area contributed by atoms with Gasteiger partial charge in [0.2, 0.25) is 0 Å². The number of rotatable bonds is 5. The van der Waals surface area contributed by atoms with Crippen LogP contribution in [0.1, 0.15) is 44.7 Å². The van der Waals surface area contributed by atoms with E-state index in [4.69, 9.17) is 4.74 Å². The second kappa shape index (κ2) is 5.79. The van der Waals surface area contributed by atoms with Gasteiger partial charge in [-0.15, -0.1) is 0 Å². The van der Waals surface area contributed by atoms with Crippen molar-refractivity contribution in [3.05, 3.63) is 35.2 Å². The van der Waals surface area contributed by atoms with E-state index in [0.29, 0.717) is 0 Å². The van der Waals surface area contributed by atoms with Crippen LogP contribution in [0.3, 0.4) is 0 Å². The second-order valence-corrected chi connectivity index (χ2v) is 4.24. The van der Waals surface area contributed by atoms with Gasteiger partial charge in [-0.05, 0) is 42.5 Å². The Balaban J connectivity index is 2.71. The molecule has 0 amide bonds. The van der Waals surface area contributed by atoms with E-state index in [9.17, 15) is 0 Å². The number of benzene rings is 1. The lowest BCUT2D eigenvalue weighted by Gasteiger charge is -2.11. The molecular weight excluding hydrogens is 184 g/mol. The highest BCUT2D eigenvalue weighted by atomic mass is 16.5. The Labute approximate surface area is 93.5 Å². The van der Waals surface area contributed by atoms with Crippen molar-refractivity contribution >= 4 is 0 Å². The van der Waals surface area contributed by atoms with Gasteiger partial charge in [0.25, 0.3) is 0 Å². The van der Waals surface area contributed by atoms with Crippen molar-refractivity contribution < 1.29 is 4.74 Å². The van der Waals surface area contributed by atoms with Crippen molar-refractivity contribution in [2.24, 2.45) is 0 Å². The minimum atomic E-state index is 0.822. The van der Waals surface area contributed by atoms with Gasteiger partial charge in [-0.1, -0.05) is 33.3 Å². The molecule has 15 heavy (non-hydrogen) atoms. The largest absolute Gasteiger partial charge is 0.494 e. The third kappa shape index (κ3) is 3.94. The Morgan fingerprint density at radius 2 is 1.93 bits per heavy atom. The first-order valence-electron chi connectivity index (χ1n) is 5.68. The summed E-state index contributed by atoms with van der Waals surface area (Å²) in [6, 6.07) is 6.42. The number of aryl methyl sites for hydroxylation is 1. The van der Waals surface area contributed by atoms with E-state index in [1.807, 2.05) is 0 Å². The Morgan fingerprint density at radius 1 is 1.20 bits per heavy atom. The van der Waals surface area contributed by atoms with Gasteiger partial charge in [0.1, 0.15) is 5.75 Å². The Kier molecular flexibility index (Phi) is 4.67. The zero-order valence-electron chi connectivity index (χ0n) is 10.3. The van der Waals surface area contributed by atoms with Crippen LogP contribution in [0.4, 0.5) is 0 Å². The molecule has 1 heteroatoms. The van der Waals surface area contributed by atoms with Crippen molar-refractivity contribution in [3.8, 4) is 5.75 Å². The molecule has 1 aromatic carbocycles. The van der Waals surface area contributed by atoms with E-state index in [0.717, 1.165) is 18.8 Å². The summed E-state index contributed by atoms with van der Waals surface area (Å²) in [6.07, 6.45) is 2.30. The van der Waals surface area contributed by atoms with Crippen LogP contribution in [0, 0.1) is 12.8 Å².